The van der Waals surface area contributed by atoms with Gasteiger partial charge in [-0.1, -0.05) is 42.0 Å². The van der Waals surface area contributed by atoms with Crippen LogP contribution in [0, 0.1) is 6.92 Å². The lowest BCUT2D eigenvalue weighted by molar-refractivity contribution is 0.870. The molecule has 0 spiro atoms. The molecule has 0 radical (unpaired) electrons. The average molecular weight is 226 g/mol. The monoisotopic (exact) mass is 226 g/mol. The number of hydrogen-bond donors (Lipinski definition) is 2. The molecule has 17 heavy (non-hydrogen) atoms. The van der Waals surface area contributed by atoms with Gasteiger partial charge in [0.2, 0.25) is 0 Å². The predicted octanol–water partition coefficient (Wildman–Crippen LogP) is 3.08. The van der Waals surface area contributed by atoms with Gasteiger partial charge in [-0.25, -0.2) is 0 Å². The van der Waals surface area contributed by atoms with Crippen LogP contribution in [0.15, 0.2) is 48.5 Å². The minimum Gasteiger partial charge on any atom is -0.388 e. The van der Waals surface area contributed by atoms with Gasteiger partial charge in [-0.05, 0) is 30.2 Å². The first-order valence-corrected chi connectivity index (χ1v) is 5.80. The zero-order valence-electron chi connectivity index (χ0n) is 10.3. The van der Waals surface area contributed by atoms with E-state index in [-0.39, 0.29) is 6.04 Å². The highest BCUT2D eigenvalue weighted by atomic mass is 14.8. The Hall–Kier alpha value is -1.80. The highest BCUT2D eigenvalue weighted by Crippen LogP contribution is 2.21. The summed E-state index contributed by atoms with van der Waals surface area (Å²) in [6.45, 7) is 2.08. The molecule has 0 aliphatic heterocycles. The lowest BCUT2D eigenvalue weighted by Crippen LogP contribution is -2.11. The normalized spacial score (nSPS) is 12.2. The quantitative estimate of drug-likeness (QED) is 0.844. The maximum absolute atomic E-state index is 6.26. The second-order valence-corrected chi connectivity index (χ2v) is 4.26. The van der Waals surface area contributed by atoms with Crippen molar-refractivity contribution in [1.82, 2.24) is 0 Å². The molecule has 0 aliphatic rings. The minimum atomic E-state index is -0.0548. The maximum Gasteiger partial charge on any atom is 0.0551 e. The van der Waals surface area contributed by atoms with Crippen molar-refractivity contribution in [2.24, 2.45) is 5.73 Å². The van der Waals surface area contributed by atoms with E-state index in [4.69, 9.17) is 5.73 Å². The number of aryl methyl sites for hydroxylation is 1. The van der Waals surface area contributed by atoms with Gasteiger partial charge in [0.1, 0.15) is 0 Å². The molecular formula is C15H18N2. The van der Waals surface area contributed by atoms with Crippen LogP contribution in [0.4, 0.5) is 5.69 Å². The van der Waals surface area contributed by atoms with Crippen LogP contribution in [0.2, 0.25) is 0 Å². The second kappa shape index (κ2) is 5.02. The van der Waals surface area contributed by atoms with Crippen LogP contribution < -0.4 is 11.1 Å². The van der Waals surface area contributed by atoms with Crippen molar-refractivity contribution in [3.63, 3.8) is 0 Å². The molecule has 0 fully saturated rings. The van der Waals surface area contributed by atoms with Crippen molar-refractivity contribution >= 4 is 5.69 Å². The Morgan fingerprint density at radius 2 is 1.71 bits per heavy atom. The predicted molar refractivity (Wildman–Crippen MR) is 73.2 cm³/mol. The van der Waals surface area contributed by atoms with Gasteiger partial charge in [-0.2, -0.15) is 0 Å². The first kappa shape index (κ1) is 11.7. The van der Waals surface area contributed by atoms with Gasteiger partial charge in [0.05, 0.1) is 6.04 Å². The molecule has 0 bridgehead atoms. The van der Waals surface area contributed by atoms with Gasteiger partial charge in [0.25, 0.3) is 0 Å². The number of nitrogens with two attached hydrogens (primary N) is 1. The minimum absolute atomic E-state index is 0.0548. The Kier molecular flexibility index (Phi) is 3.45. The lowest BCUT2D eigenvalue weighted by atomic mass is 9.98. The van der Waals surface area contributed by atoms with E-state index in [1.165, 1.54) is 5.56 Å². The Morgan fingerprint density at radius 3 is 2.29 bits per heavy atom. The van der Waals surface area contributed by atoms with E-state index in [2.05, 4.69) is 42.6 Å². The maximum atomic E-state index is 6.26. The van der Waals surface area contributed by atoms with Crippen LogP contribution in [0.25, 0.3) is 0 Å². The molecule has 2 nitrogen and oxygen atoms in total. The third-order valence-corrected chi connectivity index (χ3v) is 2.96. The summed E-state index contributed by atoms with van der Waals surface area (Å²) in [5.41, 5.74) is 10.9. The number of benzene rings is 2. The average Bonchev–Trinajstić information content (AvgIpc) is 2.38. The van der Waals surface area contributed by atoms with Gasteiger partial charge < -0.3 is 11.1 Å². The van der Waals surface area contributed by atoms with Crippen LogP contribution >= 0.6 is 0 Å². The SMILES string of the molecule is CNc1ccc(C(N)c2cccc(C)c2)cc1. The molecule has 1 unspecified atom stereocenters. The van der Waals surface area contributed by atoms with Crippen molar-refractivity contribution in [2.45, 2.75) is 13.0 Å². The molecule has 88 valence electrons. The summed E-state index contributed by atoms with van der Waals surface area (Å²) in [7, 11) is 1.91. The number of hydrogen-bond acceptors (Lipinski definition) is 2. The molecular weight excluding hydrogens is 208 g/mol. The fraction of sp³-hybridized carbons (Fsp3) is 0.200. The summed E-state index contributed by atoms with van der Waals surface area (Å²) < 4.78 is 0. The third-order valence-electron chi connectivity index (χ3n) is 2.96. The first-order chi connectivity index (χ1) is 8.20. The Balaban J connectivity index is 2.27. The Morgan fingerprint density at radius 1 is 1.00 bits per heavy atom. The highest BCUT2D eigenvalue weighted by molar-refractivity contribution is 5.46. The molecule has 1 atom stereocenters. The Labute approximate surface area is 102 Å². The van der Waals surface area contributed by atoms with Crippen LogP contribution in [0.3, 0.4) is 0 Å². The Bertz CT molecular complexity index is 489. The van der Waals surface area contributed by atoms with Gasteiger partial charge in [-0.3, -0.25) is 0 Å². The molecule has 0 aliphatic carbocycles. The van der Waals surface area contributed by atoms with Crippen molar-refractivity contribution in [2.75, 3.05) is 12.4 Å². The molecule has 0 aromatic heterocycles. The largest absolute Gasteiger partial charge is 0.388 e. The molecule has 2 aromatic carbocycles. The standard InChI is InChI=1S/C15H18N2/c1-11-4-3-5-13(10-11)15(16)12-6-8-14(17-2)9-7-12/h3-10,15,17H,16H2,1-2H3. The fourth-order valence-corrected chi connectivity index (χ4v) is 1.91. The molecule has 3 N–H and O–H groups in total. The molecule has 2 rings (SSSR count). The van der Waals surface area contributed by atoms with Gasteiger partial charge >= 0.3 is 0 Å². The van der Waals surface area contributed by atoms with Crippen molar-refractivity contribution in [3.05, 3.63) is 65.2 Å². The van der Waals surface area contributed by atoms with Crippen molar-refractivity contribution < 1.29 is 0 Å². The van der Waals surface area contributed by atoms with E-state index in [1.807, 2.05) is 25.2 Å². The van der Waals surface area contributed by atoms with E-state index in [9.17, 15) is 0 Å². The molecule has 0 amide bonds. The van der Waals surface area contributed by atoms with Crippen LogP contribution in [0.1, 0.15) is 22.7 Å². The number of anilines is 1. The number of nitrogens with one attached hydrogen (secondary N) is 1. The van der Waals surface area contributed by atoms with E-state index >= 15 is 0 Å². The summed E-state index contributed by atoms with van der Waals surface area (Å²) in [5.74, 6) is 0. The molecule has 2 heteroatoms. The van der Waals surface area contributed by atoms with Crippen LogP contribution in [-0.4, -0.2) is 7.05 Å². The van der Waals surface area contributed by atoms with Crippen molar-refractivity contribution in [1.29, 1.82) is 0 Å². The van der Waals surface area contributed by atoms with Crippen molar-refractivity contribution in [3.8, 4) is 0 Å². The summed E-state index contributed by atoms with van der Waals surface area (Å²) in [6, 6.07) is 16.5. The van der Waals surface area contributed by atoms with E-state index < -0.39 is 0 Å². The summed E-state index contributed by atoms with van der Waals surface area (Å²) in [6.07, 6.45) is 0. The fourth-order valence-electron chi connectivity index (χ4n) is 1.91. The van der Waals surface area contributed by atoms with Crippen LogP contribution in [-0.2, 0) is 0 Å². The highest BCUT2D eigenvalue weighted by Gasteiger charge is 2.08. The van der Waals surface area contributed by atoms with Gasteiger partial charge in [0, 0.05) is 12.7 Å². The summed E-state index contributed by atoms with van der Waals surface area (Å²) >= 11 is 0. The second-order valence-electron chi connectivity index (χ2n) is 4.26. The lowest BCUT2D eigenvalue weighted by Gasteiger charge is -2.13. The summed E-state index contributed by atoms with van der Waals surface area (Å²) in [4.78, 5) is 0. The van der Waals surface area contributed by atoms with Crippen LogP contribution in [0.5, 0.6) is 0 Å². The van der Waals surface area contributed by atoms with Gasteiger partial charge in [0.15, 0.2) is 0 Å². The van der Waals surface area contributed by atoms with E-state index in [1.54, 1.807) is 0 Å². The molecule has 2 aromatic rings. The smallest absolute Gasteiger partial charge is 0.0551 e. The summed E-state index contributed by atoms with van der Waals surface area (Å²) in [5, 5.41) is 3.10. The zero-order valence-corrected chi connectivity index (χ0v) is 10.3. The first-order valence-electron chi connectivity index (χ1n) is 5.80. The van der Waals surface area contributed by atoms with E-state index in [0.29, 0.717) is 0 Å². The topological polar surface area (TPSA) is 38.0 Å². The third kappa shape index (κ3) is 2.66. The zero-order chi connectivity index (χ0) is 12.3. The van der Waals surface area contributed by atoms with E-state index in [0.717, 1.165) is 16.8 Å². The number of rotatable bonds is 3. The molecule has 0 saturated heterocycles. The molecule has 0 heterocycles. The van der Waals surface area contributed by atoms with Gasteiger partial charge in [-0.15, -0.1) is 0 Å². The molecule has 0 saturated carbocycles.